The fourth-order valence-electron chi connectivity index (χ4n) is 1.63. The van der Waals surface area contributed by atoms with Gasteiger partial charge in [-0.05, 0) is 12.1 Å². The molecule has 82 valence electrons. The Labute approximate surface area is 87.9 Å². The molecule has 5 heteroatoms. The van der Waals surface area contributed by atoms with Crippen LogP contribution in [-0.4, -0.2) is 41.1 Å². The van der Waals surface area contributed by atoms with Crippen molar-refractivity contribution >= 4 is 6.03 Å². The normalized spacial score (nSPS) is 16.5. The van der Waals surface area contributed by atoms with Crippen molar-refractivity contribution in [1.82, 2.24) is 9.80 Å². The third-order valence-corrected chi connectivity index (χ3v) is 2.52. The van der Waals surface area contributed by atoms with Gasteiger partial charge in [0.15, 0.2) is 0 Å². The number of hydrogen-bond acceptors (Lipinski definition) is 3. The fourth-order valence-corrected chi connectivity index (χ4v) is 1.63. The summed E-state index contributed by atoms with van der Waals surface area (Å²) in [6.07, 6.45) is 0. The maximum Gasteiger partial charge on any atom is 0.320 e. The van der Waals surface area contributed by atoms with Crippen molar-refractivity contribution in [3.8, 4) is 0 Å². The highest BCUT2D eigenvalue weighted by Gasteiger charge is 2.25. The molecule has 5 nitrogen and oxygen atoms in total. The van der Waals surface area contributed by atoms with Crippen molar-refractivity contribution in [2.45, 2.75) is 13.2 Å². The summed E-state index contributed by atoms with van der Waals surface area (Å²) in [6.45, 7) is 1.86. The van der Waals surface area contributed by atoms with Crippen LogP contribution in [0.15, 0.2) is 16.5 Å². The van der Waals surface area contributed by atoms with E-state index in [2.05, 4.69) is 0 Å². The van der Waals surface area contributed by atoms with E-state index < -0.39 is 0 Å². The SMILES string of the molecule is CN1CCN(Cc2ccc(CO)o2)C1=O. The smallest absolute Gasteiger partial charge is 0.320 e. The Bertz CT molecular complexity index is 361. The van der Waals surface area contributed by atoms with Gasteiger partial charge in [0.1, 0.15) is 18.1 Å². The molecular weight excluding hydrogens is 196 g/mol. The molecule has 2 heterocycles. The second kappa shape index (κ2) is 3.94. The van der Waals surface area contributed by atoms with Gasteiger partial charge in [-0.25, -0.2) is 4.79 Å². The van der Waals surface area contributed by atoms with Crippen LogP contribution >= 0.6 is 0 Å². The molecule has 1 aliphatic heterocycles. The van der Waals surface area contributed by atoms with Crippen LogP contribution in [0.3, 0.4) is 0 Å². The second-order valence-electron chi connectivity index (χ2n) is 3.65. The van der Waals surface area contributed by atoms with Gasteiger partial charge in [-0.3, -0.25) is 0 Å². The summed E-state index contributed by atoms with van der Waals surface area (Å²) in [5, 5.41) is 8.82. The summed E-state index contributed by atoms with van der Waals surface area (Å²) in [5.74, 6) is 1.24. The molecule has 1 fully saturated rings. The molecule has 1 aliphatic rings. The average Bonchev–Trinajstić information content (AvgIpc) is 2.80. The molecule has 0 spiro atoms. The predicted molar refractivity (Wildman–Crippen MR) is 53.1 cm³/mol. The van der Waals surface area contributed by atoms with E-state index in [9.17, 15) is 4.79 Å². The molecule has 0 atom stereocenters. The van der Waals surface area contributed by atoms with E-state index in [-0.39, 0.29) is 12.6 Å². The maximum atomic E-state index is 11.5. The van der Waals surface area contributed by atoms with Crippen molar-refractivity contribution in [3.05, 3.63) is 23.7 Å². The minimum atomic E-state index is -0.103. The summed E-state index contributed by atoms with van der Waals surface area (Å²) in [4.78, 5) is 14.9. The number of amides is 2. The average molecular weight is 210 g/mol. The van der Waals surface area contributed by atoms with Gasteiger partial charge in [-0.15, -0.1) is 0 Å². The first-order valence-electron chi connectivity index (χ1n) is 4.89. The van der Waals surface area contributed by atoms with Crippen molar-refractivity contribution in [2.24, 2.45) is 0 Å². The molecule has 1 aromatic heterocycles. The minimum absolute atomic E-state index is 0.0250. The number of urea groups is 1. The van der Waals surface area contributed by atoms with Crippen LogP contribution in [0, 0.1) is 0 Å². The summed E-state index contributed by atoms with van der Waals surface area (Å²) >= 11 is 0. The summed E-state index contributed by atoms with van der Waals surface area (Å²) < 4.78 is 5.32. The third kappa shape index (κ3) is 1.97. The van der Waals surface area contributed by atoms with Crippen LogP contribution in [-0.2, 0) is 13.2 Å². The lowest BCUT2D eigenvalue weighted by Crippen LogP contribution is -2.28. The topological polar surface area (TPSA) is 56.9 Å². The molecule has 0 bridgehead atoms. The van der Waals surface area contributed by atoms with Crippen molar-refractivity contribution in [2.75, 3.05) is 20.1 Å². The Balaban J connectivity index is 2.00. The van der Waals surface area contributed by atoms with E-state index in [4.69, 9.17) is 9.52 Å². The first-order chi connectivity index (χ1) is 7.20. The largest absolute Gasteiger partial charge is 0.462 e. The minimum Gasteiger partial charge on any atom is -0.462 e. The number of rotatable bonds is 3. The molecule has 2 rings (SSSR count). The van der Waals surface area contributed by atoms with Gasteiger partial charge in [0.25, 0.3) is 0 Å². The molecule has 2 amide bonds. The van der Waals surface area contributed by atoms with Crippen LogP contribution in [0.4, 0.5) is 4.79 Å². The van der Waals surface area contributed by atoms with Gasteiger partial charge in [0.2, 0.25) is 0 Å². The summed E-state index contributed by atoms with van der Waals surface area (Å²) in [5.41, 5.74) is 0. The van der Waals surface area contributed by atoms with E-state index in [1.165, 1.54) is 0 Å². The van der Waals surface area contributed by atoms with Crippen LogP contribution < -0.4 is 0 Å². The molecular formula is C10H14N2O3. The van der Waals surface area contributed by atoms with E-state index in [0.29, 0.717) is 18.1 Å². The first-order valence-corrected chi connectivity index (χ1v) is 4.89. The lowest BCUT2D eigenvalue weighted by molar-refractivity contribution is 0.191. The monoisotopic (exact) mass is 210 g/mol. The van der Waals surface area contributed by atoms with Crippen molar-refractivity contribution in [3.63, 3.8) is 0 Å². The highest BCUT2D eigenvalue weighted by atomic mass is 16.4. The molecule has 1 aromatic rings. The van der Waals surface area contributed by atoms with Crippen molar-refractivity contribution in [1.29, 1.82) is 0 Å². The van der Waals surface area contributed by atoms with Gasteiger partial charge in [0.05, 0.1) is 6.54 Å². The van der Waals surface area contributed by atoms with E-state index in [0.717, 1.165) is 13.1 Å². The quantitative estimate of drug-likeness (QED) is 0.796. The number of carbonyl (C=O) groups excluding carboxylic acids is 1. The Morgan fingerprint density at radius 3 is 2.67 bits per heavy atom. The molecule has 0 unspecified atom stereocenters. The number of aliphatic hydroxyl groups excluding tert-OH is 1. The zero-order chi connectivity index (χ0) is 10.8. The Kier molecular flexibility index (Phi) is 2.64. The molecule has 1 saturated heterocycles. The fraction of sp³-hybridized carbons (Fsp3) is 0.500. The third-order valence-electron chi connectivity index (χ3n) is 2.52. The molecule has 0 radical (unpaired) electrons. The van der Waals surface area contributed by atoms with Gasteiger partial charge in [-0.1, -0.05) is 0 Å². The van der Waals surface area contributed by atoms with Crippen LogP contribution in [0.25, 0.3) is 0 Å². The van der Waals surface area contributed by atoms with Gasteiger partial charge < -0.3 is 19.3 Å². The number of furan rings is 1. The molecule has 0 saturated carbocycles. The number of carbonyl (C=O) groups is 1. The predicted octanol–water partition coefficient (Wildman–Crippen LogP) is 0.639. The number of aliphatic hydroxyl groups is 1. The van der Waals surface area contributed by atoms with Crippen LogP contribution in [0.2, 0.25) is 0 Å². The first kappa shape index (κ1) is 10.0. The number of likely N-dealkylation sites (N-methyl/N-ethyl adjacent to an activating group) is 1. The molecule has 15 heavy (non-hydrogen) atoms. The zero-order valence-corrected chi connectivity index (χ0v) is 8.64. The van der Waals surface area contributed by atoms with Gasteiger partial charge in [0, 0.05) is 20.1 Å². The van der Waals surface area contributed by atoms with E-state index in [1.54, 1.807) is 29.0 Å². The van der Waals surface area contributed by atoms with E-state index >= 15 is 0 Å². The molecule has 0 aliphatic carbocycles. The molecule has 0 aromatic carbocycles. The second-order valence-corrected chi connectivity index (χ2v) is 3.65. The lowest BCUT2D eigenvalue weighted by atomic mass is 10.4. The maximum absolute atomic E-state index is 11.5. The highest BCUT2D eigenvalue weighted by Crippen LogP contribution is 2.14. The highest BCUT2D eigenvalue weighted by molar-refractivity contribution is 5.76. The lowest BCUT2D eigenvalue weighted by Gasteiger charge is -2.13. The standard InChI is InChI=1S/C10H14N2O3/c1-11-4-5-12(10(11)14)6-8-2-3-9(7-13)15-8/h2-3,13H,4-7H2,1H3. The molecule has 1 N–H and O–H groups in total. The summed E-state index contributed by atoms with van der Waals surface area (Å²) in [7, 11) is 1.78. The van der Waals surface area contributed by atoms with Gasteiger partial charge in [-0.2, -0.15) is 0 Å². The van der Waals surface area contributed by atoms with Crippen LogP contribution in [0.1, 0.15) is 11.5 Å². The Morgan fingerprint density at radius 2 is 2.13 bits per heavy atom. The Hall–Kier alpha value is -1.49. The zero-order valence-electron chi connectivity index (χ0n) is 8.64. The van der Waals surface area contributed by atoms with E-state index in [1.807, 2.05) is 0 Å². The van der Waals surface area contributed by atoms with Crippen molar-refractivity contribution < 1.29 is 14.3 Å². The number of nitrogens with zero attached hydrogens (tertiary/aromatic N) is 2. The van der Waals surface area contributed by atoms with Crippen LogP contribution in [0.5, 0.6) is 0 Å². The summed E-state index contributed by atoms with van der Waals surface area (Å²) in [6, 6.07) is 3.54. The Morgan fingerprint density at radius 1 is 1.40 bits per heavy atom. The van der Waals surface area contributed by atoms with Gasteiger partial charge >= 0.3 is 6.03 Å². The number of hydrogen-bond donors (Lipinski definition) is 1.